The number of aliphatic imine (C=N–C) groups is 3. The monoisotopic (exact) mass is 639 g/mol. The molecule has 0 amide bonds. The van der Waals surface area contributed by atoms with E-state index in [9.17, 15) is 0 Å². The van der Waals surface area contributed by atoms with Crippen molar-refractivity contribution in [1.82, 2.24) is 0 Å². The van der Waals surface area contributed by atoms with Crippen LogP contribution < -0.4 is 5.73 Å². The number of anilines is 1. The molecule has 0 bridgehead atoms. The molecule has 0 aliphatic carbocycles. The van der Waals surface area contributed by atoms with Crippen molar-refractivity contribution < 1.29 is 1.43 Å². The van der Waals surface area contributed by atoms with E-state index >= 15 is 0 Å². The molecule has 0 fully saturated rings. The summed E-state index contributed by atoms with van der Waals surface area (Å²) in [6, 6.07) is 46.3. The number of fused-ring (bicyclic) bond motifs is 2. The number of hydrogen-bond donors (Lipinski definition) is 1. The SMILES string of the molecule is CC(C1=CCC=N1)c1cccc2ccc(N)cc12.CC(C1=CCC=N1)c1cccc2ccc(N=C(c3ccccc3)c3ccccc3)cc12.[2HH]. The molecule has 2 aliphatic rings. The van der Waals surface area contributed by atoms with Crippen LogP contribution >= 0.6 is 0 Å². The molecule has 6 aromatic carbocycles. The molecule has 0 saturated heterocycles. The van der Waals surface area contributed by atoms with Crippen LogP contribution in [0.3, 0.4) is 0 Å². The molecule has 2 unspecified atom stereocenters. The van der Waals surface area contributed by atoms with Crippen LogP contribution in [0.1, 0.15) is 62.2 Å². The molecule has 8 rings (SSSR count). The summed E-state index contributed by atoms with van der Waals surface area (Å²) in [7, 11) is 0. The van der Waals surface area contributed by atoms with E-state index in [0.29, 0.717) is 5.92 Å². The maximum absolute atomic E-state index is 5.90. The van der Waals surface area contributed by atoms with E-state index in [1.165, 1.54) is 32.7 Å². The van der Waals surface area contributed by atoms with Crippen LogP contribution in [0.2, 0.25) is 0 Å². The van der Waals surface area contributed by atoms with Gasteiger partial charge in [0.15, 0.2) is 0 Å². The fraction of sp³-hybridized carbons (Fsp3) is 0.133. The predicted octanol–water partition coefficient (Wildman–Crippen LogP) is 11.6. The Morgan fingerprint density at radius 2 is 1.10 bits per heavy atom. The Bertz CT molecular complexity index is 2220. The highest BCUT2D eigenvalue weighted by atomic mass is 14.8. The molecule has 0 radical (unpaired) electrons. The third kappa shape index (κ3) is 7.05. The van der Waals surface area contributed by atoms with Gasteiger partial charge in [0.05, 0.1) is 11.4 Å². The van der Waals surface area contributed by atoms with Crippen molar-refractivity contribution in [3.8, 4) is 0 Å². The molecule has 2 atom stereocenters. The summed E-state index contributed by atoms with van der Waals surface area (Å²) >= 11 is 0. The van der Waals surface area contributed by atoms with Gasteiger partial charge in [-0.2, -0.15) is 0 Å². The number of nitrogens with zero attached hydrogens (tertiary/aromatic N) is 3. The number of rotatable bonds is 7. The van der Waals surface area contributed by atoms with Gasteiger partial charge in [-0.1, -0.05) is 135 Å². The molecule has 0 spiro atoms. The van der Waals surface area contributed by atoms with E-state index in [4.69, 9.17) is 10.7 Å². The van der Waals surface area contributed by atoms with Gasteiger partial charge >= 0.3 is 0 Å². The fourth-order valence-corrected chi connectivity index (χ4v) is 6.71. The number of benzene rings is 6. The van der Waals surface area contributed by atoms with Crippen molar-refractivity contribution in [3.05, 3.63) is 179 Å². The summed E-state index contributed by atoms with van der Waals surface area (Å²) in [5.41, 5.74) is 15.8. The van der Waals surface area contributed by atoms with E-state index < -0.39 is 0 Å². The fourth-order valence-electron chi connectivity index (χ4n) is 6.71. The summed E-state index contributed by atoms with van der Waals surface area (Å²) in [4.78, 5) is 14.1. The second-order valence-electron chi connectivity index (χ2n) is 12.6. The lowest BCUT2D eigenvalue weighted by Gasteiger charge is -2.15. The molecule has 4 heteroatoms. The van der Waals surface area contributed by atoms with Crippen molar-refractivity contribution in [1.29, 1.82) is 0 Å². The van der Waals surface area contributed by atoms with Gasteiger partial charge in [0, 0.05) is 66.7 Å². The third-order valence-electron chi connectivity index (χ3n) is 9.34. The van der Waals surface area contributed by atoms with Gasteiger partial charge in [-0.25, -0.2) is 4.99 Å². The topological polar surface area (TPSA) is 63.1 Å². The zero-order valence-corrected chi connectivity index (χ0v) is 28.0. The van der Waals surface area contributed by atoms with Gasteiger partial charge in [-0.3, -0.25) is 9.98 Å². The number of hydrogen-bond acceptors (Lipinski definition) is 4. The number of nitrogens with two attached hydrogens (primary N) is 1. The molecule has 2 N–H and O–H groups in total. The summed E-state index contributed by atoms with van der Waals surface area (Å²) in [6.07, 6.45) is 10.2. The van der Waals surface area contributed by atoms with Gasteiger partial charge in [-0.05, 0) is 56.9 Å². The Kier molecular flexibility index (Phi) is 9.38. The Labute approximate surface area is 290 Å². The van der Waals surface area contributed by atoms with Crippen molar-refractivity contribution in [2.24, 2.45) is 15.0 Å². The van der Waals surface area contributed by atoms with E-state index in [0.717, 1.165) is 52.4 Å². The van der Waals surface area contributed by atoms with Crippen molar-refractivity contribution in [2.75, 3.05) is 5.73 Å². The van der Waals surface area contributed by atoms with E-state index in [2.05, 4.69) is 151 Å². The second-order valence-corrected chi connectivity index (χ2v) is 12.6. The van der Waals surface area contributed by atoms with Gasteiger partial charge in [-0.15, -0.1) is 0 Å². The first kappa shape index (κ1) is 31.7. The Morgan fingerprint density at radius 1 is 0.592 bits per heavy atom. The van der Waals surface area contributed by atoms with Crippen LogP contribution in [0.4, 0.5) is 11.4 Å². The summed E-state index contributed by atoms with van der Waals surface area (Å²) in [6.45, 7) is 4.44. The predicted molar refractivity (Wildman–Crippen MR) is 212 cm³/mol. The third-order valence-corrected chi connectivity index (χ3v) is 9.34. The van der Waals surface area contributed by atoms with Crippen LogP contribution in [0.15, 0.2) is 172 Å². The van der Waals surface area contributed by atoms with Gasteiger partial charge in [0.2, 0.25) is 0 Å². The average molecular weight is 640 g/mol. The lowest BCUT2D eigenvalue weighted by molar-refractivity contribution is 0.892. The molecule has 6 aromatic rings. The molecular weight excluding hydrogens is 597 g/mol. The zero-order valence-electron chi connectivity index (χ0n) is 28.0. The molecule has 49 heavy (non-hydrogen) atoms. The summed E-state index contributed by atoms with van der Waals surface area (Å²) < 4.78 is 0. The molecule has 4 nitrogen and oxygen atoms in total. The van der Waals surface area contributed by atoms with E-state index in [-0.39, 0.29) is 7.34 Å². The average Bonchev–Trinajstić information content (AvgIpc) is 3.90. The molecular formula is C45H42N4. The first-order valence-electron chi connectivity index (χ1n) is 17.0. The van der Waals surface area contributed by atoms with Crippen LogP contribution in [0.5, 0.6) is 0 Å². The first-order chi connectivity index (χ1) is 24.0. The van der Waals surface area contributed by atoms with Crippen LogP contribution in [0.25, 0.3) is 21.5 Å². The molecule has 2 heterocycles. The molecule has 242 valence electrons. The minimum absolute atomic E-state index is 0. The summed E-state index contributed by atoms with van der Waals surface area (Å²) in [5.74, 6) is 0.568. The Balaban J connectivity index is 0.000000194. The minimum Gasteiger partial charge on any atom is -0.399 e. The van der Waals surface area contributed by atoms with Crippen molar-refractivity contribution in [2.45, 2.75) is 38.5 Å². The standard InChI is InChI=1S/C29H24N2.C16H16N2.H2/c1-21(28-16-9-19-30-28)26-15-8-14-22-17-18-25(20-27(22)26)31-29(23-10-4-2-5-11-23)24-12-6-3-7-13-24;1-11(16-6-3-9-18-16)14-5-2-4-12-7-8-13(17)10-15(12)14;/h2-8,10-21H,9H2,1H3;2,4-11H,3,17H2,1H3;1H/i;;1+1. The van der Waals surface area contributed by atoms with Gasteiger partial charge < -0.3 is 5.73 Å². The highest BCUT2D eigenvalue weighted by Crippen LogP contribution is 2.35. The molecule has 2 aliphatic heterocycles. The minimum atomic E-state index is 0. The van der Waals surface area contributed by atoms with Gasteiger partial charge in [0.1, 0.15) is 0 Å². The van der Waals surface area contributed by atoms with E-state index in [1.54, 1.807) is 0 Å². The summed E-state index contributed by atoms with van der Waals surface area (Å²) in [5, 5.41) is 4.93. The quantitative estimate of drug-likeness (QED) is 0.137. The smallest absolute Gasteiger partial charge is 0.0781 e. The molecule has 0 aromatic heterocycles. The van der Waals surface area contributed by atoms with Crippen molar-refractivity contribution in [3.63, 3.8) is 0 Å². The lowest BCUT2D eigenvalue weighted by Crippen LogP contribution is -2.02. The highest BCUT2D eigenvalue weighted by molar-refractivity contribution is 6.14. The Hall–Kier alpha value is -5.87. The maximum Gasteiger partial charge on any atom is 0.0781 e. The largest absolute Gasteiger partial charge is 0.399 e. The Morgan fingerprint density at radius 3 is 1.61 bits per heavy atom. The van der Waals surface area contributed by atoms with Gasteiger partial charge in [0.25, 0.3) is 0 Å². The van der Waals surface area contributed by atoms with E-state index in [1.807, 2.05) is 30.6 Å². The van der Waals surface area contributed by atoms with Crippen molar-refractivity contribution >= 4 is 51.1 Å². The van der Waals surface area contributed by atoms with Crippen LogP contribution in [0, 0.1) is 0 Å². The lowest BCUT2D eigenvalue weighted by atomic mass is 9.92. The number of nitrogen functional groups attached to an aromatic ring is 1. The van der Waals surface area contributed by atoms with Crippen LogP contribution in [-0.4, -0.2) is 18.1 Å². The zero-order chi connectivity index (χ0) is 33.6. The highest BCUT2D eigenvalue weighted by Gasteiger charge is 2.17. The maximum atomic E-state index is 5.90. The normalized spacial score (nSPS) is 14.6. The van der Waals surface area contributed by atoms with Crippen LogP contribution in [-0.2, 0) is 0 Å². The number of allylic oxidation sites excluding steroid dienone is 4. The molecule has 0 saturated carbocycles. The first-order valence-corrected chi connectivity index (χ1v) is 17.0. The second kappa shape index (κ2) is 14.5.